The molecule has 0 amide bonds. The molecule has 0 saturated carbocycles. The maximum atomic E-state index is 9.03. The van der Waals surface area contributed by atoms with Gasteiger partial charge in [-0.3, -0.25) is 0 Å². The third-order valence-corrected chi connectivity index (χ3v) is 2.10. The molecule has 2 rings (SSSR count). The Kier molecular flexibility index (Phi) is 2.34. The normalized spacial score (nSPS) is 9.53. The maximum Gasteiger partial charge on any atom is 0.210 e. The SMILES string of the molecule is N#Cc1ccc(-c2ccc(O)nc2)cc1. The Hall–Kier alpha value is -2.34. The van der Waals surface area contributed by atoms with Gasteiger partial charge < -0.3 is 5.11 Å². The molecule has 0 aliphatic carbocycles. The second-order valence-corrected chi connectivity index (χ2v) is 3.09. The maximum absolute atomic E-state index is 9.03. The van der Waals surface area contributed by atoms with Crippen molar-refractivity contribution in [1.29, 1.82) is 5.26 Å². The van der Waals surface area contributed by atoms with E-state index in [4.69, 9.17) is 10.4 Å². The Morgan fingerprint density at radius 3 is 2.20 bits per heavy atom. The predicted molar refractivity (Wildman–Crippen MR) is 56.1 cm³/mol. The average Bonchev–Trinajstić information content (AvgIpc) is 2.30. The van der Waals surface area contributed by atoms with Crippen molar-refractivity contribution in [3.8, 4) is 23.1 Å². The van der Waals surface area contributed by atoms with Crippen LogP contribution in [-0.4, -0.2) is 10.1 Å². The molecule has 0 saturated heterocycles. The highest BCUT2D eigenvalue weighted by Crippen LogP contribution is 2.19. The van der Waals surface area contributed by atoms with Crippen LogP contribution in [-0.2, 0) is 0 Å². The highest BCUT2D eigenvalue weighted by Gasteiger charge is 1.98. The van der Waals surface area contributed by atoms with Crippen molar-refractivity contribution in [2.75, 3.05) is 0 Å². The van der Waals surface area contributed by atoms with Gasteiger partial charge in [0, 0.05) is 17.8 Å². The van der Waals surface area contributed by atoms with Crippen LogP contribution in [0.25, 0.3) is 11.1 Å². The van der Waals surface area contributed by atoms with E-state index in [1.54, 1.807) is 24.4 Å². The van der Waals surface area contributed by atoms with Gasteiger partial charge in [0.15, 0.2) is 0 Å². The summed E-state index contributed by atoms with van der Waals surface area (Å²) in [5.41, 5.74) is 2.52. The largest absolute Gasteiger partial charge is 0.493 e. The number of nitrogens with zero attached hydrogens (tertiary/aromatic N) is 2. The van der Waals surface area contributed by atoms with E-state index >= 15 is 0 Å². The molecule has 72 valence electrons. The molecular formula is C12H8N2O. The molecular weight excluding hydrogens is 188 g/mol. The Labute approximate surface area is 87.3 Å². The zero-order valence-electron chi connectivity index (χ0n) is 7.88. The molecule has 0 spiro atoms. The molecule has 0 radical (unpaired) electrons. The van der Waals surface area contributed by atoms with Crippen molar-refractivity contribution in [1.82, 2.24) is 4.98 Å². The van der Waals surface area contributed by atoms with Crippen LogP contribution in [0.5, 0.6) is 5.88 Å². The monoisotopic (exact) mass is 196 g/mol. The van der Waals surface area contributed by atoms with Gasteiger partial charge in [0.05, 0.1) is 11.6 Å². The molecule has 1 aromatic heterocycles. The lowest BCUT2D eigenvalue weighted by atomic mass is 10.1. The summed E-state index contributed by atoms with van der Waals surface area (Å²) in [4.78, 5) is 3.79. The third-order valence-electron chi connectivity index (χ3n) is 2.10. The van der Waals surface area contributed by atoms with E-state index in [2.05, 4.69) is 11.1 Å². The van der Waals surface area contributed by atoms with Crippen molar-refractivity contribution in [3.63, 3.8) is 0 Å². The van der Waals surface area contributed by atoms with Crippen LogP contribution in [0.15, 0.2) is 42.6 Å². The van der Waals surface area contributed by atoms with E-state index in [1.807, 2.05) is 12.1 Å². The van der Waals surface area contributed by atoms with Crippen LogP contribution >= 0.6 is 0 Å². The molecule has 0 atom stereocenters. The first kappa shape index (κ1) is 9.22. The standard InChI is InChI=1S/C12H8N2O/c13-7-9-1-3-10(4-2-9)11-5-6-12(15)14-8-11/h1-6,8H,(H,14,15). The first-order valence-corrected chi connectivity index (χ1v) is 4.45. The van der Waals surface area contributed by atoms with E-state index in [1.165, 1.54) is 6.07 Å². The van der Waals surface area contributed by atoms with Gasteiger partial charge in [-0.05, 0) is 23.8 Å². The van der Waals surface area contributed by atoms with Crippen LogP contribution in [0.4, 0.5) is 0 Å². The molecule has 0 fully saturated rings. The summed E-state index contributed by atoms with van der Waals surface area (Å²) < 4.78 is 0. The summed E-state index contributed by atoms with van der Waals surface area (Å²) in [5, 5.41) is 17.7. The summed E-state index contributed by atoms with van der Waals surface area (Å²) in [6.45, 7) is 0. The van der Waals surface area contributed by atoms with Crippen LogP contribution < -0.4 is 0 Å². The fourth-order valence-corrected chi connectivity index (χ4v) is 1.29. The topological polar surface area (TPSA) is 56.9 Å². The van der Waals surface area contributed by atoms with Crippen LogP contribution in [0.2, 0.25) is 0 Å². The van der Waals surface area contributed by atoms with Crippen LogP contribution in [0.3, 0.4) is 0 Å². The molecule has 0 bridgehead atoms. The minimum Gasteiger partial charge on any atom is -0.493 e. The number of aromatic nitrogens is 1. The summed E-state index contributed by atoms with van der Waals surface area (Å²) in [6, 6.07) is 12.6. The van der Waals surface area contributed by atoms with Gasteiger partial charge in [-0.25, -0.2) is 4.98 Å². The van der Waals surface area contributed by atoms with Gasteiger partial charge in [-0.2, -0.15) is 5.26 Å². The molecule has 2 aromatic rings. The van der Waals surface area contributed by atoms with Crippen molar-refractivity contribution >= 4 is 0 Å². The Morgan fingerprint density at radius 2 is 1.67 bits per heavy atom. The fourth-order valence-electron chi connectivity index (χ4n) is 1.29. The minimum absolute atomic E-state index is 0.00685. The van der Waals surface area contributed by atoms with E-state index in [0.29, 0.717) is 5.56 Å². The molecule has 1 aromatic carbocycles. The van der Waals surface area contributed by atoms with E-state index in [9.17, 15) is 0 Å². The summed E-state index contributed by atoms with van der Waals surface area (Å²) in [7, 11) is 0. The molecule has 1 heterocycles. The third kappa shape index (κ3) is 1.94. The molecule has 0 aliphatic heterocycles. The van der Waals surface area contributed by atoms with Gasteiger partial charge in [0.2, 0.25) is 5.88 Å². The second-order valence-electron chi connectivity index (χ2n) is 3.09. The molecule has 1 N–H and O–H groups in total. The zero-order chi connectivity index (χ0) is 10.7. The van der Waals surface area contributed by atoms with E-state index < -0.39 is 0 Å². The molecule has 3 heteroatoms. The fraction of sp³-hybridized carbons (Fsp3) is 0. The number of nitriles is 1. The van der Waals surface area contributed by atoms with Gasteiger partial charge in [-0.15, -0.1) is 0 Å². The first-order chi connectivity index (χ1) is 7.29. The van der Waals surface area contributed by atoms with Gasteiger partial charge in [0.1, 0.15) is 0 Å². The summed E-state index contributed by atoms with van der Waals surface area (Å²) in [5.74, 6) is 0.00685. The summed E-state index contributed by atoms with van der Waals surface area (Å²) in [6.07, 6.45) is 1.59. The number of hydrogen-bond acceptors (Lipinski definition) is 3. The molecule has 15 heavy (non-hydrogen) atoms. The van der Waals surface area contributed by atoms with E-state index in [-0.39, 0.29) is 5.88 Å². The average molecular weight is 196 g/mol. The van der Waals surface area contributed by atoms with Gasteiger partial charge in [-0.1, -0.05) is 12.1 Å². The van der Waals surface area contributed by atoms with Gasteiger partial charge >= 0.3 is 0 Å². The second kappa shape index (κ2) is 3.81. The number of benzene rings is 1. The smallest absolute Gasteiger partial charge is 0.210 e. The Balaban J connectivity index is 2.38. The number of rotatable bonds is 1. The number of aromatic hydroxyl groups is 1. The highest BCUT2D eigenvalue weighted by atomic mass is 16.3. The number of hydrogen-bond donors (Lipinski definition) is 1. The lowest BCUT2D eigenvalue weighted by molar-refractivity contribution is 0.453. The quantitative estimate of drug-likeness (QED) is 0.761. The Bertz CT molecular complexity index is 495. The summed E-state index contributed by atoms with van der Waals surface area (Å²) >= 11 is 0. The lowest BCUT2D eigenvalue weighted by Crippen LogP contribution is -1.80. The van der Waals surface area contributed by atoms with E-state index in [0.717, 1.165) is 11.1 Å². The first-order valence-electron chi connectivity index (χ1n) is 4.45. The molecule has 0 unspecified atom stereocenters. The van der Waals surface area contributed by atoms with Crippen LogP contribution in [0.1, 0.15) is 5.56 Å². The lowest BCUT2D eigenvalue weighted by Gasteiger charge is -2.00. The Morgan fingerprint density at radius 1 is 1.00 bits per heavy atom. The van der Waals surface area contributed by atoms with Crippen LogP contribution in [0, 0.1) is 11.3 Å². The minimum atomic E-state index is 0.00685. The van der Waals surface area contributed by atoms with Crippen molar-refractivity contribution in [3.05, 3.63) is 48.2 Å². The number of pyridine rings is 1. The van der Waals surface area contributed by atoms with Crippen molar-refractivity contribution in [2.45, 2.75) is 0 Å². The molecule has 3 nitrogen and oxygen atoms in total. The highest BCUT2D eigenvalue weighted by molar-refractivity contribution is 5.63. The van der Waals surface area contributed by atoms with Crippen molar-refractivity contribution in [2.24, 2.45) is 0 Å². The molecule has 0 aliphatic rings. The predicted octanol–water partition coefficient (Wildman–Crippen LogP) is 2.33. The zero-order valence-corrected chi connectivity index (χ0v) is 7.88. The van der Waals surface area contributed by atoms with Crippen molar-refractivity contribution < 1.29 is 5.11 Å². The van der Waals surface area contributed by atoms with Gasteiger partial charge in [0.25, 0.3) is 0 Å².